The zero-order valence-electron chi connectivity index (χ0n) is 14.6. The average molecular weight is 360 g/mol. The number of likely N-dealkylation sites (N-methyl/N-ethyl adjacent to an activating group) is 1. The molecule has 2 heterocycles. The summed E-state index contributed by atoms with van der Waals surface area (Å²) in [4.78, 5) is 27.0. The van der Waals surface area contributed by atoms with Crippen molar-refractivity contribution in [2.45, 2.75) is 39.2 Å². The fraction of sp³-hybridized carbons (Fsp3) is 0.412. The molecule has 132 valence electrons. The summed E-state index contributed by atoms with van der Waals surface area (Å²) < 4.78 is 5.80. The second-order valence-corrected chi connectivity index (χ2v) is 7.24. The van der Waals surface area contributed by atoms with Crippen LogP contribution in [0.5, 0.6) is 5.75 Å². The first-order valence-corrected chi connectivity index (χ1v) is 8.88. The van der Waals surface area contributed by atoms with Crippen molar-refractivity contribution in [2.75, 3.05) is 17.3 Å². The first-order chi connectivity index (χ1) is 11.8. The highest BCUT2D eigenvalue weighted by Gasteiger charge is 2.50. The van der Waals surface area contributed by atoms with Crippen molar-refractivity contribution in [3.63, 3.8) is 0 Å². The highest BCUT2D eigenvalue weighted by molar-refractivity contribution is 7.15. The lowest BCUT2D eigenvalue weighted by atomic mass is 10.00. The van der Waals surface area contributed by atoms with Gasteiger partial charge in [0, 0.05) is 13.5 Å². The first-order valence-electron chi connectivity index (χ1n) is 8.07. The van der Waals surface area contributed by atoms with E-state index in [1.54, 1.807) is 13.1 Å². The minimum Gasteiger partial charge on any atom is -0.465 e. The number of benzene rings is 1. The Bertz CT molecular complexity index is 835. The van der Waals surface area contributed by atoms with Crippen LogP contribution >= 0.6 is 11.3 Å². The van der Waals surface area contributed by atoms with Gasteiger partial charge in [0.1, 0.15) is 10.8 Å². The first kappa shape index (κ1) is 17.3. The van der Waals surface area contributed by atoms with E-state index >= 15 is 0 Å². The molecule has 3 rings (SSSR count). The van der Waals surface area contributed by atoms with Gasteiger partial charge in [-0.25, -0.2) is 0 Å². The number of ether oxygens (including phenoxy) is 1. The van der Waals surface area contributed by atoms with Crippen molar-refractivity contribution in [3.8, 4) is 5.75 Å². The minimum absolute atomic E-state index is 0.364. The van der Waals surface area contributed by atoms with Crippen LogP contribution in [0, 0.1) is 6.92 Å². The van der Waals surface area contributed by atoms with Gasteiger partial charge in [-0.05, 0) is 38.0 Å². The summed E-state index contributed by atoms with van der Waals surface area (Å²) in [5.74, 6) is -0.495. The molecular weight excluding hydrogens is 340 g/mol. The Morgan fingerprint density at radius 3 is 2.88 bits per heavy atom. The number of fused-ring (bicyclic) bond motifs is 1. The van der Waals surface area contributed by atoms with Gasteiger partial charge in [0.15, 0.2) is 0 Å². The molecule has 8 heteroatoms. The molecule has 0 bridgehead atoms. The fourth-order valence-electron chi connectivity index (χ4n) is 2.65. The van der Waals surface area contributed by atoms with Crippen molar-refractivity contribution < 1.29 is 14.3 Å². The Balaban J connectivity index is 1.85. The summed E-state index contributed by atoms with van der Waals surface area (Å²) in [6, 6.07) is 5.50. The molecule has 1 atom stereocenters. The van der Waals surface area contributed by atoms with Crippen LogP contribution in [-0.2, 0) is 16.0 Å². The zero-order chi connectivity index (χ0) is 18.2. The smallest absolute Gasteiger partial charge is 0.280 e. The number of hydrogen-bond donors (Lipinski definition) is 1. The Kier molecular flexibility index (Phi) is 4.47. The monoisotopic (exact) mass is 360 g/mol. The summed E-state index contributed by atoms with van der Waals surface area (Å²) >= 11 is 1.30. The predicted octanol–water partition coefficient (Wildman–Crippen LogP) is 2.55. The van der Waals surface area contributed by atoms with E-state index in [0.717, 1.165) is 23.4 Å². The number of anilines is 2. The lowest BCUT2D eigenvalue weighted by Gasteiger charge is -2.37. The van der Waals surface area contributed by atoms with Crippen LogP contribution in [0.2, 0.25) is 0 Å². The Morgan fingerprint density at radius 1 is 1.40 bits per heavy atom. The second-order valence-electron chi connectivity index (χ2n) is 6.18. The maximum Gasteiger partial charge on any atom is 0.280 e. The minimum atomic E-state index is -1.66. The molecule has 7 nitrogen and oxygen atoms in total. The third-order valence-electron chi connectivity index (χ3n) is 4.09. The molecule has 1 N–H and O–H groups in total. The van der Waals surface area contributed by atoms with Gasteiger partial charge in [-0.1, -0.05) is 24.3 Å². The van der Waals surface area contributed by atoms with E-state index in [0.29, 0.717) is 16.6 Å². The average Bonchev–Trinajstić information content (AvgIpc) is 3.01. The number of nitrogens with one attached hydrogen (secondary N) is 1. The quantitative estimate of drug-likeness (QED) is 0.847. The van der Waals surface area contributed by atoms with Gasteiger partial charge in [0.25, 0.3) is 17.4 Å². The number of aryl methyl sites for hydroxylation is 2. The standard InChI is InChI=1S/C17H20N4O3S/c1-5-6-13-19-20-16(25-13)18-14(22)17(3)15(23)21(4)11-9-10(2)7-8-12(11)24-17/h7-9H,5-6H2,1-4H3,(H,18,20,22). The highest BCUT2D eigenvalue weighted by atomic mass is 32.1. The van der Waals surface area contributed by atoms with E-state index in [2.05, 4.69) is 15.5 Å². The van der Waals surface area contributed by atoms with Gasteiger partial charge in [0.05, 0.1) is 5.69 Å². The van der Waals surface area contributed by atoms with Crippen molar-refractivity contribution in [1.29, 1.82) is 0 Å². The van der Waals surface area contributed by atoms with Gasteiger partial charge < -0.3 is 9.64 Å². The normalized spacial score (nSPS) is 19.4. The summed E-state index contributed by atoms with van der Waals surface area (Å²) in [5, 5.41) is 11.8. The van der Waals surface area contributed by atoms with Crippen molar-refractivity contribution in [1.82, 2.24) is 10.2 Å². The molecule has 1 aliphatic heterocycles. The fourth-order valence-corrected chi connectivity index (χ4v) is 3.48. The topological polar surface area (TPSA) is 84.4 Å². The van der Waals surface area contributed by atoms with Crippen LogP contribution in [-0.4, -0.2) is 34.7 Å². The summed E-state index contributed by atoms with van der Waals surface area (Å²) in [5.41, 5.74) is -0.00284. The van der Waals surface area contributed by atoms with Crippen LogP contribution in [0.4, 0.5) is 10.8 Å². The summed E-state index contributed by atoms with van der Waals surface area (Å²) in [6.07, 6.45) is 1.75. The maximum atomic E-state index is 12.8. The maximum absolute atomic E-state index is 12.8. The van der Waals surface area contributed by atoms with Crippen LogP contribution in [0.25, 0.3) is 0 Å². The van der Waals surface area contributed by atoms with E-state index in [1.807, 2.05) is 26.0 Å². The van der Waals surface area contributed by atoms with Crippen LogP contribution in [0.15, 0.2) is 18.2 Å². The third-order valence-corrected chi connectivity index (χ3v) is 4.99. The molecule has 1 aromatic heterocycles. The van der Waals surface area contributed by atoms with E-state index < -0.39 is 17.4 Å². The molecule has 2 amide bonds. The van der Waals surface area contributed by atoms with Crippen molar-refractivity contribution in [2.24, 2.45) is 0 Å². The summed E-state index contributed by atoms with van der Waals surface area (Å²) in [7, 11) is 1.64. The molecule has 0 fully saturated rings. The van der Waals surface area contributed by atoms with Crippen molar-refractivity contribution >= 4 is 34.0 Å². The van der Waals surface area contributed by atoms with E-state index in [1.165, 1.54) is 23.2 Å². The lowest BCUT2D eigenvalue weighted by Crippen LogP contribution is -2.59. The largest absolute Gasteiger partial charge is 0.465 e. The van der Waals surface area contributed by atoms with Crippen LogP contribution in [0.1, 0.15) is 30.8 Å². The molecule has 0 saturated carbocycles. The van der Waals surface area contributed by atoms with Gasteiger partial charge in [-0.15, -0.1) is 10.2 Å². The highest BCUT2D eigenvalue weighted by Crippen LogP contribution is 2.38. The van der Waals surface area contributed by atoms with Crippen LogP contribution < -0.4 is 15.0 Å². The molecule has 2 aromatic rings. The van der Waals surface area contributed by atoms with E-state index in [4.69, 9.17) is 4.74 Å². The number of carbonyl (C=O) groups is 2. The molecule has 1 aromatic carbocycles. The molecule has 25 heavy (non-hydrogen) atoms. The Labute approximate surface area is 150 Å². The molecule has 0 spiro atoms. The van der Waals surface area contributed by atoms with E-state index in [-0.39, 0.29) is 0 Å². The van der Waals surface area contributed by atoms with Gasteiger partial charge in [0.2, 0.25) is 5.13 Å². The van der Waals surface area contributed by atoms with Crippen molar-refractivity contribution in [3.05, 3.63) is 28.8 Å². The Morgan fingerprint density at radius 2 is 2.16 bits per heavy atom. The third kappa shape index (κ3) is 3.09. The summed E-state index contributed by atoms with van der Waals surface area (Å²) in [6.45, 7) is 5.45. The number of amides is 2. The molecule has 0 aliphatic carbocycles. The van der Waals surface area contributed by atoms with Crippen LogP contribution in [0.3, 0.4) is 0 Å². The predicted molar refractivity (Wildman–Crippen MR) is 96.2 cm³/mol. The molecular formula is C17H20N4O3S. The lowest BCUT2D eigenvalue weighted by molar-refractivity contribution is -0.144. The molecule has 0 saturated heterocycles. The Hall–Kier alpha value is -2.48. The van der Waals surface area contributed by atoms with E-state index in [9.17, 15) is 9.59 Å². The van der Waals surface area contributed by atoms with Gasteiger partial charge in [-0.3, -0.25) is 14.9 Å². The molecule has 1 unspecified atom stereocenters. The molecule has 0 radical (unpaired) electrons. The van der Waals surface area contributed by atoms with Gasteiger partial charge in [-0.2, -0.15) is 0 Å². The number of rotatable bonds is 4. The second kappa shape index (κ2) is 6.44. The zero-order valence-corrected chi connectivity index (χ0v) is 15.4. The number of aromatic nitrogens is 2. The number of carbonyl (C=O) groups excluding carboxylic acids is 2. The molecule has 1 aliphatic rings. The van der Waals surface area contributed by atoms with Gasteiger partial charge >= 0.3 is 0 Å². The number of hydrogen-bond acceptors (Lipinski definition) is 6. The number of nitrogens with zero attached hydrogens (tertiary/aromatic N) is 3. The SMILES string of the molecule is CCCc1nnc(NC(=O)C2(C)Oc3ccc(C)cc3N(C)C2=O)s1.